The Morgan fingerprint density at radius 2 is 1.92 bits per heavy atom. The first-order valence-electron chi connectivity index (χ1n) is 4.66. The lowest BCUT2D eigenvalue weighted by atomic mass is 9.86. The molecule has 0 aromatic carbocycles. The Bertz CT molecular complexity index is 187. The van der Waals surface area contributed by atoms with Gasteiger partial charge in [-0.15, -0.1) is 0 Å². The lowest BCUT2D eigenvalue weighted by Gasteiger charge is -2.39. The van der Waals surface area contributed by atoms with E-state index in [-0.39, 0.29) is 5.91 Å². The van der Waals surface area contributed by atoms with E-state index in [9.17, 15) is 4.79 Å². The summed E-state index contributed by atoms with van der Waals surface area (Å²) in [6.45, 7) is 0.504. The van der Waals surface area contributed by atoms with Gasteiger partial charge in [-0.1, -0.05) is 0 Å². The summed E-state index contributed by atoms with van der Waals surface area (Å²) in [5.41, 5.74) is 5.68. The molecule has 1 amide bonds. The SMILES string of the molecule is CN(C)C(=O)CN(C)C1CC(N)C1. The van der Waals surface area contributed by atoms with Crippen LogP contribution in [0.3, 0.4) is 0 Å². The lowest BCUT2D eigenvalue weighted by molar-refractivity contribution is -0.130. The summed E-state index contributed by atoms with van der Waals surface area (Å²) < 4.78 is 0. The van der Waals surface area contributed by atoms with Gasteiger partial charge in [0.2, 0.25) is 5.91 Å². The topological polar surface area (TPSA) is 49.6 Å². The van der Waals surface area contributed by atoms with E-state index in [0.29, 0.717) is 18.6 Å². The number of carbonyl (C=O) groups excluding carboxylic acids is 1. The molecule has 0 radical (unpaired) electrons. The van der Waals surface area contributed by atoms with Gasteiger partial charge < -0.3 is 10.6 Å². The third-order valence-corrected chi connectivity index (χ3v) is 2.66. The van der Waals surface area contributed by atoms with Gasteiger partial charge in [-0.05, 0) is 19.9 Å². The van der Waals surface area contributed by atoms with Crippen molar-refractivity contribution in [1.82, 2.24) is 9.80 Å². The van der Waals surface area contributed by atoms with E-state index in [4.69, 9.17) is 5.73 Å². The Hall–Kier alpha value is -0.610. The average molecular weight is 185 g/mol. The van der Waals surface area contributed by atoms with E-state index in [0.717, 1.165) is 12.8 Å². The highest BCUT2D eigenvalue weighted by molar-refractivity contribution is 5.77. The molecule has 0 aliphatic heterocycles. The van der Waals surface area contributed by atoms with Crippen LogP contribution in [0.25, 0.3) is 0 Å². The smallest absolute Gasteiger partial charge is 0.236 e. The summed E-state index contributed by atoms with van der Waals surface area (Å²) in [5, 5.41) is 0. The molecule has 1 rings (SSSR count). The van der Waals surface area contributed by atoms with E-state index in [2.05, 4.69) is 4.90 Å². The Morgan fingerprint density at radius 3 is 2.31 bits per heavy atom. The van der Waals surface area contributed by atoms with Crippen LogP contribution in [0.15, 0.2) is 0 Å². The second kappa shape index (κ2) is 4.07. The summed E-state index contributed by atoms with van der Waals surface area (Å²) in [4.78, 5) is 15.0. The molecule has 2 N–H and O–H groups in total. The van der Waals surface area contributed by atoms with Crippen LogP contribution in [0.2, 0.25) is 0 Å². The van der Waals surface area contributed by atoms with Gasteiger partial charge >= 0.3 is 0 Å². The largest absolute Gasteiger partial charge is 0.348 e. The first kappa shape index (κ1) is 10.5. The first-order valence-corrected chi connectivity index (χ1v) is 4.66. The minimum atomic E-state index is 0.156. The second-order valence-corrected chi connectivity index (χ2v) is 4.09. The number of nitrogens with zero attached hydrogens (tertiary/aromatic N) is 2. The maximum atomic E-state index is 11.3. The number of carbonyl (C=O) groups is 1. The number of rotatable bonds is 3. The van der Waals surface area contributed by atoms with Crippen molar-refractivity contribution in [2.45, 2.75) is 24.9 Å². The maximum Gasteiger partial charge on any atom is 0.236 e. The Labute approximate surface area is 79.7 Å². The molecule has 0 spiro atoms. The van der Waals surface area contributed by atoms with Crippen LogP contribution in [0.1, 0.15) is 12.8 Å². The van der Waals surface area contributed by atoms with Crippen LogP contribution in [0.4, 0.5) is 0 Å². The molecule has 1 aliphatic carbocycles. The fourth-order valence-electron chi connectivity index (χ4n) is 1.47. The Kier molecular flexibility index (Phi) is 3.27. The zero-order valence-electron chi connectivity index (χ0n) is 8.66. The van der Waals surface area contributed by atoms with E-state index >= 15 is 0 Å². The van der Waals surface area contributed by atoms with Crippen LogP contribution in [0, 0.1) is 0 Å². The quantitative estimate of drug-likeness (QED) is 0.644. The average Bonchev–Trinajstić information content (AvgIpc) is 1.98. The molecule has 0 unspecified atom stereocenters. The zero-order valence-corrected chi connectivity index (χ0v) is 8.66. The molecule has 0 bridgehead atoms. The number of likely N-dealkylation sites (N-methyl/N-ethyl adjacent to an activating group) is 2. The third kappa shape index (κ3) is 2.67. The molecule has 13 heavy (non-hydrogen) atoms. The highest BCUT2D eigenvalue weighted by Crippen LogP contribution is 2.22. The van der Waals surface area contributed by atoms with Crippen molar-refractivity contribution in [3.05, 3.63) is 0 Å². The van der Waals surface area contributed by atoms with Crippen molar-refractivity contribution in [2.75, 3.05) is 27.7 Å². The standard InChI is InChI=1S/C9H19N3O/c1-11(2)9(13)6-12(3)8-4-7(10)5-8/h7-8H,4-6,10H2,1-3H3. The van der Waals surface area contributed by atoms with Gasteiger partial charge in [-0.3, -0.25) is 9.69 Å². The molecule has 1 aliphatic rings. The zero-order chi connectivity index (χ0) is 10.0. The molecule has 1 saturated carbocycles. The molecule has 76 valence electrons. The van der Waals surface area contributed by atoms with Crippen molar-refractivity contribution >= 4 is 5.91 Å². The summed E-state index contributed by atoms with van der Waals surface area (Å²) >= 11 is 0. The molecular formula is C9H19N3O. The van der Waals surface area contributed by atoms with Crippen LogP contribution in [-0.4, -0.2) is 55.5 Å². The van der Waals surface area contributed by atoms with Crippen molar-refractivity contribution < 1.29 is 4.79 Å². The minimum absolute atomic E-state index is 0.156. The predicted molar refractivity (Wildman–Crippen MR) is 52.3 cm³/mol. The van der Waals surface area contributed by atoms with E-state index < -0.39 is 0 Å². The van der Waals surface area contributed by atoms with Crippen molar-refractivity contribution in [1.29, 1.82) is 0 Å². The summed E-state index contributed by atoms with van der Waals surface area (Å²) in [6.07, 6.45) is 2.05. The summed E-state index contributed by atoms with van der Waals surface area (Å²) in [7, 11) is 5.54. The van der Waals surface area contributed by atoms with Gasteiger partial charge in [0.25, 0.3) is 0 Å². The first-order chi connectivity index (χ1) is 6.00. The van der Waals surface area contributed by atoms with Crippen molar-refractivity contribution in [3.63, 3.8) is 0 Å². The second-order valence-electron chi connectivity index (χ2n) is 4.09. The van der Waals surface area contributed by atoms with E-state index in [1.165, 1.54) is 0 Å². The number of amides is 1. The van der Waals surface area contributed by atoms with Gasteiger partial charge in [0, 0.05) is 26.2 Å². The molecule has 0 heterocycles. The maximum absolute atomic E-state index is 11.3. The fraction of sp³-hybridized carbons (Fsp3) is 0.889. The molecule has 0 saturated heterocycles. The highest BCUT2D eigenvalue weighted by Gasteiger charge is 2.30. The Balaban J connectivity index is 2.25. The van der Waals surface area contributed by atoms with Crippen molar-refractivity contribution in [2.24, 2.45) is 5.73 Å². The summed E-state index contributed by atoms with van der Waals surface area (Å²) in [5.74, 6) is 0.156. The van der Waals surface area contributed by atoms with Crippen molar-refractivity contribution in [3.8, 4) is 0 Å². The van der Waals surface area contributed by atoms with Gasteiger partial charge in [0.05, 0.1) is 6.54 Å². The molecule has 0 aromatic heterocycles. The number of nitrogens with two attached hydrogens (primary N) is 1. The lowest BCUT2D eigenvalue weighted by Crippen LogP contribution is -2.51. The molecule has 4 nitrogen and oxygen atoms in total. The molecule has 0 atom stereocenters. The van der Waals surface area contributed by atoms with Crippen LogP contribution in [-0.2, 0) is 4.79 Å². The van der Waals surface area contributed by atoms with Crippen LogP contribution >= 0.6 is 0 Å². The van der Waals surface area contributed by atoms with Gasteiger partial charge in [0.15, 0.2) is 0 Å². The van der Waals surface area contributed by atoms with E-state index in [1.807, 2.05) is 7.05 Å². The Morgan fingerprint density at radius 1 is 1.38 bits per heavy atom. The van der Waals surface area contributed by atoms with Gasteiger partial charge in [-0.2, -0.15) is 0 Å². The predicted octanol–water partition coefficient (Wildman–Crippen LogP) is -0.504. The molecule has 4 heteroatoms. The molecular weight excluding hydrogens is 166 g/mol. The third-order valence-electron chi connectivity index (χ3n) is 2.66. The van der Waals surface area contributed by atoms with E-state index in [1.54, 1.807) is 19.0 Å². The molecule has 0 aromatic rings. The summed E-state index contributed by atoms with van der Waals surface area (Å²) in [6, 6.07) is 0.862. The van der Waals surface area contributed by atoms with Gasteiger partial charge in [-0.25, -0.2) is 0 Å². The monoisotopic (exact) mass is 185 g/mol. The number of hydrogen-bond donors (Lipinski definition) is 1. The van der Waals surface area contributed by atoms with Crippen LogP contribution in [0.5, 0.6) is 0 Å². The fourth-order valence-corrected chi connectivity index (χ4v) is 1.47. The van der Waals surface area contributed by atoms with Crippen LogP contribution < -0.4 is 5.73 Å². The normalized spacial score (nSPS) is 27.2. The minimum Gasteiger partial charge on any atom is -0.348 e. The highest BCUT2D eigenvalue weighted by atomic mass is 16.2. The van der Waals surface area contributed by atoms with Gasteiger partial charge in [0.1, 0.15) is 0 Å². The number of hydrogen-bond acceptors (Lipinski definition) is 3. The molecule has 1 fully saturated rings.